The number of fused-ring (bicyclic) bond motifs is 1. The Balaban J connectivity index is 1.58. The molecule has 0 unspecified atom stereocenters. The summed E-state index contributed by atoms with van der Waals surface area (Å²) < 4.78 is 5.59. The van der Waals surface area contributed by atoms with E-state index in [2.05, 4.69) is 15.5 Å². The number of amides is 1. The van der Waals surface area contributed by atoms with Crippen LogP contribution in [0.1, 0.15) is 16.7 Å². The number of aromatic nitrogens is 1. The number of para-hydroxylation sites is 1. The smallest absolute Gasteiger partial charge is 0.277 e. The maximum absolute atomic E-state index is 11.9. The van der Waals surface area contributed by atoms with Gasteiger partial charge >= 0.3 is 0 Å². The second-order valence-electron chi connectivity index (χ2n) is 5.74. The van der Waals surface area contributed by atoms with Crippen molar-refractivity contribution in [2.75, 3.05) is 6.61 Å². The second-order valence-corrected chi connectivity index (χ2v) is 6.18. The standard InChI is InChI=1S/C19H18ClN3O2/c1-12-7-15(20)8-13(2)19(12)25-11-18(24)23-22-10-14-9-21-17-6-4-3-5-16(14)17/h3-10,21H,11H2,1-2H3,(H,23,24)/b22-10+. The van der Waals surface area contributed by atoms with Crippen LogP contribution >= 0.6 is 11.6 Å². The van der Waals surface area contributed by atoms with Crippen molar-refractivity contribution in [3.05, 3.63) is 64.3 Å². The van der Waals surface area contributed by atoms with Gasteiger partial charge in [0.15, 0.2) is 6.61 Å². The molecule has 0 bridgehead atoms. The van der Waals surface area contributed by atoms with E-state index in [0.29, 0.717) is 10.8 Å². The largest absolute Gasteiger partial charge is 0.483 e. The van der Waals surface area contributed by atoms with Crippen molar-refractivity contribution < 1.29 is 9.53 Å². The van der Waals surface area contributed by atoms with Gasteiger partial charge in [-0.25, -0.2) is 5.43 Å². The first-order valence-electron chi connectivity index (χ1n) is 7.82. The van der Waals surface area contributed by atoms with Crippen LogP contribution in [0.3, 0.4) is 0 Å². The molecule has 0 radical (unpaired) electrons. The molecular weight excluding hydrogens is 338 g/mol. The average Bonchev–Trinajstić information content (AvgIpc) is 2.97. The summed E-state index contributed by atoms with van der Waals surface area (Å²) in [6.07, 6.45) is 3.45. The monoisotopic (exact) mass is 355 g/mol. The van der Waals surface area contributed by atoms with Crippen LogP contribution in [0.15, 0.2) is 47.7 Å². The maximum Gasteiger partial charge on any atom is 0.277 e. The molecule has 1 aromatic heterocycles. The fourth-order valence-electron chi connectivity index (χ4n) is 2.67. The molecule has 3 aromatic rings. The number of aryl methyl sites for hydroxylation is 2. The zero-order valence-electron chi connectivity index (χ0n) is 14.0. The van der Waals surface area contributed by atoms with Crippen molar-refractivity contribution in [1.29, 1.82) is 0 Å². The van der Waals surface area contributed by atoms with Gasteiger partial charge < -0.3 is 9.72 Å². The number of aromatic amines is 1. The summed E-state index contributed by atoms with van der Waals surface area (Å²) in [7, 11) is 0. The van der Waals surface area contributed by atoms with Crippen LogP contribution < -0.4 is 10.2 Å². The number of nitrogens with one attached hydrogen (secondary N) is 2. The van der Waals surface area contributed by atoms with Crippen molar-refractivity contribution in [1.82, 2.24) is 10.4 Å². The molecule has 0 aliphatic carbocycles. The number of hydrogen-bond acceptors (Lipinski definition) is 3. The number of benzene rings is 2. The van der Waals surface area contributed by atoms with Crippen molar-refractivity contribution in [3.8, 4) is 5.75 Å². The number of halogens is 1. The number of hydrogen-bond donors (Lipinski definition) is 2. The predicted molar refractivity (Wildman–Crippen MR) is 100 cm³/mol. The minimum Gasteiger partial charge on any atom is -0.483 e. The Bertz CT molecular complexity index is 924. The maximum atomic E-state index is 11.9. The SMILES string of the molecule is Cc1cc(Cl)cc(C)c1OCC(=O)N/N=C/c1c[nH]c2ccccc12. The number of nitrogens with zero attached hydrogens (tertiary/aromatic N) is 1. The van der Waals surface area contributed by atoms with Gasteiger partial charge in [0, 0.05) is 27.7 Å². The molecule has 128 valence electrons. The van der Waals surface area contributed by atoms with E-state index in [1.54, 1.807) is 18.3 Å². The minimum atomic E-state index is -0.329. The van der Waals surface area contributed by atoms with Crippen LogP contribution in [-0.2, 0) is 4.79 Å². The molecule has 6 heteroatoms. The Morgan fingerprint density at radius 3 is 2.76 bits per heavy atom. The first kappa shape index (κ1) is 17.0. The molecule has 0 spiro atoms. The van der Waals surface area contributed by atoms with E-state index in [9.17, 15) is 4.79 Å². The molecule has 0 atom stereocenters. The predicted octanol–water partition coefficient (Wildman–Crippen LogP) is 3.97. The summed E-state index contributed by atoms with van der Waals surface area (Å²) in [4.78, 5) is 15.1. The van der Waals surface area contributed by atoms with E-state index in [-0.39, 0.29) is 12.5 Å². The topological polar surface area (TPSA) is 66.5 Å². The van der Waals surface area contributed by atoms with Crippen LogP contribution in [0.5, 0.6) is 5.75 Å². The summed E-state index contributed by atoms with van der Waals surface area (Å²) in [6.45, 7) is 3.66. The van der Waals surface area contributed by atoms with Crippen molar-refractivity contribution in [2.45, 2.75) is 13.8 Å². The third kappa shape index (κ3) is 4.00. The van der Waals surface area contributed by atoms with E-state index in [1.807, 2.05) is 44.3 Å². The van der Waals surface area contributed by atoms with E-state index < -0.39 is 0 Å². The second kappa shape index (κ2) is 7.40. The summed E-state index contributed by atoms with van der Waals surface area (Å²) >= 11 is 5.99. The number of H-pyrrole nitrogens is 1. The highest BCUT2D eigenvalue weighted by Crippen LogP contribution is 2.26. The lowest BCUT2D eigenvalue weighted by Gasteiger charge is -2.11. The van der Waals surface area contributed by atoms with E-state index in [0.717, 1.165) is 27.6 Å². The molecule has 2 aromatic carbocycles. The summed E-state index contributed by atoms with van der Waals surface area (Å²) in [5.74, 6) is 0.338. The molecule has 1 amide bonds. The fraction of sp³-hybridized carbons (Fsp3) is 0.158. The van der Waals surface area contributed by atoms with Crippen LogP contribution in [-0.4, -0.2) is 23.7 Å². The van der Waals surface area contributed by atoms with Crippen LogP contribution in [0.25, 0.3) is 10.9 Å². The molecule has 0 fully saturated rings. The molecule has 3 rings (SSSR count). The third-order valence-electron chi connectivity index (χ3n) is 3.79. The Morgan fingerprint density at radius 1 is 1.28 bits per heavy atom. The van der Waals surface area contributed by atoms with Gasteiger partial charge in [-0.3, -0.25) is 4.79 Å². The van der Waals surface area contributed by atoms with Gasteiger partial charge in [-0.15, -0.1) is 0 Å². The van der Waals surface area contributed by atoms with Crippen molar-refractivity contribution >= 4 is 34.6 Å². The molecule has 25 heavy (non-hydrogen) atoms. The lowest BCUT2D eigenvalue weighted by atomic mass is 10.1. The quantitative estimate of drug-likeness (QED) is 0.537. The van der Waals surface area contributed by atoms with E-state index >= 15 is 0 Å². The van der Waals surface area contributed by atoms with Crippen LogP contribution in [0.4, 0.5) is 0 Å². The van der Waals surface area contributed by atoms with Gasteiger partial charge in [-0.05, 0) is 43.2 Å². The van der Waals surface area contributed by atoms with E-state index in [4.69, 9.17) is 16.3 Å². The first-order chi connectivity index (χ1) is 12.0. The summed E-state index contributed by atoms with van der Waals surface area (Å²) in [6, 6.07) is 11.5. The Morgan fingerprint density at radius 2 is 2.00 bits per heavy atom. The summed E-state index contributed by atoms with van der Waals surface area (Å²) in [5, 5.41) is 5.68. The Kier molecular flexibility index (Phi) is 5.05. The zero-order chi connectivity index (χ0) is 17.8. The van der Waals surface area contributed by atoms with Crippen LogP contribution in [0, 0.1) is 13.8 Å². The highest BCUT2D eigenvalue weighted by Gasteiger charge is 2.08. The van der Waals surface area contributed by atoms with Crippen molar-refractivity contribution in [2.24, 2.45) is 5.10 Å². The lowest BCUT2D eigenvalue weighted by Crippen LogP contribution is -2.25. The third-order valence-corrected chi connectivity index (χ3v) is 4.01. The zero-order valence-corrected chi connectivity index (χ0v) is 14.7. The molecule has 0 saturated carbocycles. The van der Waals surface area contributed by atoms with E-state index in [1.165, 1.54) is 0 Å². The van der Waals surface area contributed by atoms with Gasteiger partial charge in [0.25, 0.3) is 5.91 Å². The van der Waals surface area contributed by atoms with Gasteiger partial charge in [0.2, 0.25) is 0 Å². The fourth-order valence-corrected chi connectivity index (χ4v) is 3.00. The normalized spacial score (nSPS) is 11.2. The van der Waals surface area contributed by atoms with Gasteiger partial charge in [0.1, 0.15) is 5.75 Å². The molecule has 0 saturated heterocycles. The van der Waals surface area contributed by atoms with Crippen LogP contribution in [0.2, 0.25) is 5.02 Å². The minimum absolute atomic E-state index is 0.117. The number of rotatable bonds is 5. The molecule has 0 aliphatic rings. The highest BCUT2D eigenvalue weighted by atomic mass is 35.5. The van der Waals surface area contributed by atoms with Gasteiger partial charge in [0.05, 0.1) is 6.21 Å². The Hall–Kier alpha value is -2.79. The number of carbonyl (C=O) groups excluding carboxylic acids is 1. The lowest BCUT2D eigenvalue weighted by molar-refractivity contribution is -0.123. The Labute approximate surface area is 150 Å². The molecule has 5 nitrogen and oxygen atoms in total. The van der Waals surface area contributed by atoms with Crippen molar-refractivity contribution in [3.63, 3.8) is 0 Å². The number of hydrazone groups is 1. The number of carbonyl (C=O) groups is 1. The number of ether oxygens (including phenoxy) is 1. The summed E-state index contributed by atoms with van der Waals surface area (Å²) in [5.41, 5.74) is 6.17. The molecule has 0 aliphatic heterocycles. The molecule has 2 N–H and O–H groups in total. The average molecular weight is 356 g/mol. The van der Waals surface area contributed by atoms with Gasteiger partial charge in [-0.2, -0.15) is 5.10 Å². The van der Waals surface area contributed by atoms with Gasteiger partial charge in [-0.1, -0.05) is 29.8 Å². The molecular formula is C19H18ClN3O2. The highest BCUT2D eigenvalue weighted by molar-refractivity contribution is 6.30. The first-order valence-corrected chi connectivity index (χ1v) is 8.20. The molecule has 1 heterocycles.